The number of ether oxygens (including phenoxy) is 3. The molecule has 2 aliphatic rings. The zero-order valence-electron chi connectivity index (χ0n) is 21.3. The Hall–Kier alpha value is -2.64. The largest absolute Gasteiger partial charge is 0.456 e. The Morgan fingerprint density at radius 2 is 1.79 bits per heavy atom. The summed E-state index contributed by atoms with van der Waals surface area (Å²) >= 11 is 14.3. The second-order valence-corrected chi connectivity index (χ2v) is 11.3. The molecule has 0 bridgehead atoms. The van der Waals surface area contributed by atoms with Crippen molar-refractivity contribution in [3.05, 3.63) is 41.9 Å². The molecule has 0 aliphatic carbocycles. The summed E-state index contributed by atoms with van der Waals surface area (Å²) in [4.78, 5) is 38.2. The molecule has 0 unspecified atom stereocenters. The summed E-state index contributed by atoms with van der Waals surface area (Å²) in [6.45, 7) is 4.17. The number of carbonyl (C=O) groups excluding carboxylic acids is 2. The molecule has 2 aliphatic heterocycles. The van der Waals surface area contributed by atoms with Crippen molar-refractivity contribution in [2.45, 2.75) is 61.4 Å². The minimum atomic E-state index is -0.973. The first-order chi connectivity index (χ1) is 18.8. The number of nitrogens with zero attached hydrogens (tertiary/aromatic N) is 5. The first kappa shape index (κ1) is 27.9. The van der Waals surface area contributed by atoms with Crippen molar-refractivity contribution in [3.63, 3.8) is 0 Å². The zero-order valence-corrected chi connectivity index (χ0v) is 23.7. The molecular weight excluding hydrogens is 567 g/mol. The summed E-state index contributed by atoms with van der Waals surface area (Å²) in [5.41, 5.74) is 4.18. The number of benzene rings is 1. The SMILES string of the molecule is CC(=O)O[C@@H]1[C@H](OC(C)=O)[C@@H](CCl)O[C@H]1n1cnc2c(NN3CCC(Sc4ccccc4)CC3)nc(Cl)nc21. The van der Waals surface area contributed by atoms with Crippen molar-refractivity contribution in [1.29, 1.82) is 0 Å². The van der Waals surface area contributed by atoms with Gasteiger partial charge in [0, 0.05) is 37.1 Å². The summed E-state index contributed by atoms with van der Waals surface area (Å²) in [5.74, 6) is -0.644. The summed E-state index contributed by atoms with van der Waals surface area (Å²) in [5, 5.41) is 2.62. The number of halogens is 2. The molecule has 4 heterocycles. The van der Waals surface area contributed by atoms with Gasteiger partial charge in [0.2, 0.25) is 5.28 Å². The van der Waals surface area contributed by atoms with Crippen LogP contribution in [0.25, 0.3) is 11.2 Å². The van der Waals surface area contributed by atoms with Gasteiger partial charge in [0.25, 0.3) is 0 Å². The van der Waals surface area contributed by atoms with Crippen LogP contribution in [0.3, 0.4) is 0 Å². The number of carbonyl (C=O) groups is 2. The number of esters is 2. The molecule has 11 nitrogen and oxygen atoms in total. The summed E-state index contributed by atoms with van der Waals surface area (Å²) in [6.07, 6.45) is 0.00583. The molecule has 4 atom stereocenters. The van der Waals surface area contributed by atoms with Gasteiger partial charge >= 0.3 is 11.9 Å². The first-order valence-corrected chi connectivity index (χ1v) is 14.3. The highest BCUT2D eigenvalue weighted by molar-refractivity contribution is 8.00. The second kappa shape index (κ2) is 12.3. The number of fused-ring (bicyclic) bond motifs is 1. The van der Waals surface area contributed by atoms with E-state index in [0.717, 1.165) is 25.9 Å². The Kier molecular flexibility index (Phi) is 8.77. The fourth-order valence-electron chi connectivity index (χ4n) is 4.79. The molecule has 1 aromatic carbocycles. The molecule has 2 saturated heterocycles. The minimum Gasteiger partial charge on any atom is -0.456 e. The number of piperidine rings is 1. The van der Waals surface area contributed by atoms with E-state index < -0.39 is 36.5 Å². The third kappa shape index (κ3) is 6.41. The lowest BCUT2D eigenvalue weighted by molar-refractivity contribution is -0.165. The van der Waals surface area contributed by atoms with E-state index in [1.165, 1.54) is 25.1 Å². The molecule has 0 amide bonds. The van der Waals surface area contributed by atoms with Crippen LogP contribution in [0.4, 0.5) is 5.82 Å². The van der Waals surface area contributed by atoms with Crippen LogP contribution in [0.5, 0.6) is 0 Å². The Bertz CT molecular complexity index is 1320. The molecule has 208 valence electrons. The minimum absolute atomic E-state index is 0.00808. The van der Waals surface area contributed by atoms with Gasteiger partial charge in [0.05, 0.1) is 12.2 Å². The van der Waals surface area contributed by atoms with Crippen molar-refractivity contribution in [2.24, 2.45) is 0 Å². The fraction of sp³-hybridized carbons (Fsp3) is 0.480. The Labute approximate surface area is 239 Å². The molecule has 1 N–H and O–H groups in total. The van der Waals surface area contributed by atoms with Crippen LogP contribution in [0.1, 0.15) is 32.9 Å². The number of anilines is 1. The average molecular weight is 596 g/mol. The molecule has 0 spiro atoms. The Morgan fingerprint density at radius 3 is 2.46 bits per heavy atom. The zero-order chi connectivity index (χ0) is 27.5. The number of hydrogen-bond donors (Lipinski definition) is 1. The van der Waals surface area contributed by atoms with Crippen molar-refractivity contribution < 1.29 is 23.8 Å². The highest BCUT2D eigenvalue weighted by atomic mass is 35.5. The molecule has 39 heavy (non-hydrogen) atoms. The smallest absolute Gasteiger partial charge is 0.303 e. The lowest BCUT2D eigenvalue weighted by Crippen LogP contribution is -2.39. The van der Waals surface area contributed by atoms with Crippen molar-refractivity contribution in [2.75, 3.05) is 24.4 Å². The van der Waals surface area contributed by atoms with Gasteiger partial charge in [-0.2, -0.15) is 9.97 Å². The number of thioether (sulfide) groups is 1. The van der Waals surface area contributed by atoms with Crippen molar-refractivity contribution >= 4 is 63.9 Å². The predicted molar refractivity (Wildman–Crippen MR) is 147 cm³/mol. The van der Waals surface area contributed by atoms with Crippen LogP contribution in [-0.4, -0.2) is 79.0 Å². The standard InChI is InChI=1S/C25H28Cl2N6O5S/c1-14(34)36-20-18(12-26)38-24(21(20)37-15(2)35)33-13-28-19-22(29-25(27)30-23(19)33)31-32-10-8-17(9-11-32)39-16-6-4-3-5-7-16/h3-7,13,17-18,20-21,24H,8-12H2,1-2H3,(H,29,30,31)/t18-,20-,21-,24-/m1/s1. The topological polar surface area (TPSA) is 121 Å². The van der Waals surface area contributed by atoms with E-state index in [9.17, 15) is 9.59 Å². The van der Waals surface area contributed by atoms with E-state index in [1.807, 2.05) is 17.8 Å². The number of alkyl halides is 1. The number of nitrogens with one attached hydrogen (secondary N) is 1. The quantitative estimate of drug-likeness (QED) is 0.231. The van der Waals surface area contributed by atoms with Gasteiger partial charge in [-0.05, 0) is 36.6 Å². The lowest BCUT2D eigenvalue weighted by Gasteiger charge is -2.32. The number of hydrazine groups is 1. The van der Waals surface area contributed by atoms with Crippen LogP contribution < -0.4 is 5.43 Å². The van der Waals surface area contributed by atoms with Gasteiger partial charge in [0.1, 0.15) is 6.10 Å². The fourth-order valence-corrected chi connectivity index (χ4v) is 6.35. The summed E-state index contributed by atoms with van der Waals surface area (Å²) in [6, 6.07) is 10.4. The third-order valence-electron chi connectivity index (χ3n) is 6.46. The highest BCUT2D eigenvalue weighted by Gasteiger charge is 2.50. The van der Waals surface area contributed by atoms with Crippen molar-refractivity contribution in [3.8, 4) is 0 Å². The molecule has 2 aromatic heterocycles. The van der Waals surface area contributed by atoms with E-state index in [4.69, 9.17) is 37.4 Å². The Morgan fingerprint density at radius 1 is 1.10 bits per heavy atom. The molecule has 0 radical (unpaired) electrons. The summed E-state index contributed by atoms with van der Waals surface area (Å²) in [7, 11) is 0. The maximum absolute atomic E-state index is 11.9. The van der Waals surface area contributed by atoms with Gasteiger partial charge < -0.3 is 19.6 Å². The number of rotatable bonds is 8. The van der Waals surface area contributed by atoms with Gasteiger partial charge in [-0.25, -0.2) is 9.99 Å². The monoisotopic (exact) mass is 594 g/mol. The van der Waals surface area contributed by atoms with Crippen LogP contribution in [-0.2, 0) is 23.8 Å². The van der Waals surface area contributed by atoms with E-state index in [2.05, 4.69) is 49.7 Å². The second-order valence-electron chi connectivity index (χ2n) is 9.26. The third-order valence-corrected chi connectivity index (χ3v) is 8.28. The maximum atomic E-state index is 11.9. The van der Waals surface area contributed by atoms with E-state index in [0.29, 0.717) is 22.2 Å². The highest BCUT2D eigenvalue weighted by Crippen LogP contribution is 2.37. The van der Waals surface area contributed by atoms with Gasteiger partial charge in [-0.1, -0.05) is 18.2 Å². The van der Waals surface area contributed by atoms with Gasteiger partial charge in [-0.3, -0.25) is 14.2 Å². The van der Waals surface area contributed by atoms with Crippen LogP contribution in [0, 0.1) is 0 Å². The predicted octanol–water partition coefficient (Wildman–Crippen LogP) is 4.06. The molecule has 2 fully saturated rings. The van der Waals surface area contributed by atoms with Crippen LogP contribution in [0.2, 0.25) is 5.28 Å². The van der Waals surface area contributed by atoms with Crippen LogP contribution in [0.15, 0.2) is 41.6 Å². The Balaban J connectivity index is 1.35. The van der Waals surface area contributed by atoms with Crippen LogP contribution >= 0.6 is 35.0 Å². The molecule has 0 saturated carbocycles. The maximum Gasteiger partial charge on any atom is 0.303 e. The summed E-state index contributed by atoms with van der Waals surface area (Å²) < 4.78 is 18.6. The normalized spacial score (nSPS) is 24.1. The number of aromatic nitrogens is 4. The van der Waals surface area contributed by atoms with E-state index in [-0.39, 0.29) is 11.2 Å². The molecule has 3 aromatic rings. The molecule has 5 rings (SSSR count). The number of hydrogen-bond acceptors (Lipinski definition) is 11. The van der Waals surface area contributed by atoms with E-state index >= 15 is 0 Å². The first-order valence-electron chi connectivity index (χ1n) is 12.5. The van der Waals surface area contributed by atoms with E-state index in [1.54, 1.807) is 4.57 Å². The number of imidazole rings is 1. The molecule has 14 heteroatoms. The molecular formula is C25H28Cl2N6O5S. The van der Waals surface area contributed by atoms with Gasteiger partial charge in [-0.15, -0.1) is 23.4 Å². The van der Waals surface area contributed by atoms with Crippen molar-refractivity contribution in [1.82, 2.24) is 24.5 Å². The average Bonchev–Trinajstić information content (AvgIpc) is 3.46. The lowest BCUT2D eigenvalue weighted by atomic mass is 10.1. The van der Waals surface area contributed by atoms with Gasteiger partial charge in [0.15, 0.2) is 35.4 Å².